The molecule has 1 aliphatic heterocycles. The quantitative estimate of drug-likeness (QED) is 0.378. The molecule has 2 aromatic carbocycles. The number of urea groups is 1. The minimum Gasteiger partial charge on any atom is -0.329 e. The zero-order valence-corrected chi connectivity index (χ0v) is 21.9. The molecule has 2 heterocycles. The second-order valence-electron chi connectivity index (χ2n) is 10.3. The van der Waals surface area contributed by atoms with Gasteiger partial charge in [0.1, 0.15) is 30.7 Å². The van der Waals surface area contributed by atoms with E-state index in [0.29, 0.717) is 36.2 Å². The summed E-state index contributed by atoms with van der Waals surface area (Å²) < 4.78 is 38.5. The lowest BCUT2D eigenvalue weighted by Crippen LogP contribution is -2.56. The highest BCUT2D eigenvalue weighted by atomic mass is 19.4. The second kappa shape index (κ2) is 10.3. The number of rotatable bonds is 7. The number of benzene rings is 2. The van der Waals surface area contributed by atoms with Gasteiger partial charge < -0.3 is 20.7 Å². The SMILES string of the molecule is CC(C=O)(c1ccccc1)N(CC(=O)Nc1ccc2c(c1)C[C@@]1(C2)C(=O)Nc2ncccc21)C(=O)NCC(F)(F)F. The van der Waals surface area contributed by atoms with Crippen LogP contribution in [-0.2, 0) is 38.2 Å². The first-order valence-electron chi connectivity index (χ1n) is 12.8. The van der Waals surface area contributed by atoms with Gasteiger partial charge in [0.15, 0.2) is 0 Å². The maximum Gasteiger partial charge on any atom is 0.405 e. The van der Waals surface area contributed by atoms with Gasteiger partial charge in [0.05, 0.1) is 5.41 Å². The molecule has 0 radical (unpaired) electrons. The first-order chi connectivity index (χ1) is 19.4. The summed E-state index contributed by atoms with van der Waals surface area (Å²) in [5.74, 6) is -0.348. The van der Waals surface area contributed by atoms with Crippen LogP contribution in [0.25, 0.3) is 0 Å². The molecule has 212 valence electrons. The predicted octanol–water partition coefficient (Wildman–Crippen LogP) is 3.70. The highest BCUT2D eigenvalue weighted by Gasteiger charge is 2.51. The van der Waals surface area contributed by atoms with Crippen LogP contribution in [0.3, 0.4) is 0 Å². The van der Waals surface area contributed by atoms with Gasteiger partial charge in [0.2, 0.25) is 11.8 Å². The van der Waals surface area contributed by atoms with Crippen molar-refractivity contribution in [2.24, 2.45) is 0 Å². The Morgan fingerprint density at radius 1 is 1.07 bits per heavy atom. The number of hydrogen-bond acceptors (Lipinski definition) is 5. The predicted molar refractivity (Wildman–Crippen MR) is 143 cm³/mol. The molecule has 5 rings (SSSR count). The van der Waals surface area contributed by atoms with Crippen LogP contribution in [0.1, 0.15) is 29.2 Å². The topological polar surface area (TPSA) is 120 Å². The highest BCUT2D eigenvalue weighted by molar-refractivity contribution is 6.06. The molecule has 1 aromatic heterocycles. The summed E-state index contributed by atoms with van der Waals surface area (Å²) in [5.41, 5.74) is 0.730. The van der Waals surface area contributed by atoms with E-state index in [1.54, 1.807) is 66.1 Å². The Hall–Kier alpha value is -4.74. The fourth-order valence-corrected chi connectivity index (χ4v) is 5.47. The zero-order chi connectivity index (χ0) is 29.4. The lowest BCUT2D eigenvalue weighted by molar-refractivity contribution is -0.125. The van der Waals surface area contributed by atoms with E-state index in [1.807, 2.05) is 6.07 Å². The Balaban J connectivity index is 1.36. The molecule has 3 N–H and O–H groups in total. The third-order valence-corrected chi connectivity index (χ3v) is 7.60. The Bertz CT molecular complexity index is 1530. The molecule has 0 fully saturated rings. The molecule has 9 nitrogen and oxygen atoms in total. The number of pyridine rings is 1. The van der Waals surface area contributed by atoms with Crippen LogP contribution in [0, 0.1) is 0 Å². The molecular formula is C29H26F3N5O4. The van der Waals surface area contributed by atoms with Crippen LogP contribution in [0.5, 0.6) is 0 Å². The molecule has 2 atom stereocenters. The van der Waals surface area contributed by atoms with Gasteiger partial charge >= 0.3 is 12.2 Å². The second-order valence-corrected chi connectivity index (χ2v) is 10.3. The summed E-state index contributed by atoms with van der Waals surface area (Å²) in [5, 5.41) is 7.27. The number of aromatic nitrogens is 1. The molecule has 1 aliphatic carbocycles. The molecule has 12 heteroatoms. The molecular weight excluding hydrogens is 539 g/mol. The van der Waals surface area contributed by atoms with E-state index in [-0.39, 0.29) is 5.91 Å². The summed E-state index contributed by atoms with van der Waals surface area (Å²) >= 11 is 0. The fourth-order valence-electron chi connectivity index (χ4n) is 5.47. The Labute approximate surface area is 233 Å². The van der Waals surface area contributed by atoms with Crippen molar-refractivity contribution in [1.82, 2.24) is 15.2 Å². The third-order valence-electron chi connectivity index (χ3n) is 7.60. The van der Waals surface area contributed by atoms with E-state index >= 15 is 0 Å². The number of fused-ring (bicyclic) bond motifs is 3. The van der Waals surface area contributed by atoms with E-state index in [1.165, 1.54) is 6.92 Å². The molecule has 4 amide bonds. The van der Waals surface area contributed by atoms with Gasteiger partial charge in [0, 0.05) is 17.4 Å². The third kappa shape index (κ3) is 5.24. The Morgan fingerprint density at radius 2 is 1.80 bits per heavy atom. The molecule has 1 unspecified atom stereocenters. The van der Waals surface area contributed by atoms with Crippen molar-refractivity contribution in [2.45, 2.75) is 36.9 Å². The van der Waals surface area contributed by atoms with E-state index in [0.717, 1.165) is 21.6 Å². The maximum atomic E-state index is 13.1. The first kappa shape index (κ1) is 27.8. The fraction of sp³-hybridized carbons (Fsp3) is 0.276. The Kier molecular flexibility index (Phi) is 7.02. The van der Waals surface area contributed by atoms with Gasteiger partial charge in [-0.05, 0) is 54.7 Å². The summed E-state index contributed by atoms with van der Waals surface area (Å²) in [4.78, 5) is 56.3. The average molecular weight is 566 g/mol. The number of hydrogen-bond donors (Lipinski definition) is 3. The molecule has 0 saturated heterocycles. The van der Waals surface area contributed by atoms with Crippen LogP contribution in [0.15, 0.2) is 66.9 Å². The van der Waals surface area contributed by atoms with Crippen LogP contribution < -0.4 is 16.0 Å². The number of carbonyl (C=O) groups is 4. The van der Waals surface area contributed by atoms with Gasteiger partial charge in [-0.25, -0.2) is 9.78 Å². The van der Waals surface area contributed by atoms with Gasteiger partial charge in [-0.15, -0.1) is 0 Å². The van der Waals surface area contributed by atoms with Gasteiger partial charge in [-0.2, -0.15) is 13.2 Å². The van der Waals surface area contributed by atoms with E-state index in [9.17, 15) is 32.3 Å². The van der Waals surface area contributed by atoms with Gasteiger partial charge in [-0.3, -0.25) is 14.5 Å². The average Bonchev–Trinajstić information content (AvgIpc) is 3.46. The summed E-state index contributed by atoms with van der Waals surface area (Å²) in [7, 11) is 0. The standard InChI is InChI=1S/C29H26F3N5O4/c1-27(17-38,20-6-3-2-4-7-20)37(26(41)34-16-29(30,31)32)15-23(39)35-21-10-9-18-13-28(14-19(18)12-21)22-8-5-11-33-24(22)36-25(28)40/h2-12,17H,13-16H2,1H3,(H,34,41)(H,35,39)(H,33,36,40)/t27?,28-/m1/s1. The maximum absolute atomic E-state index is 13.1. The number of carbonyl (C=O) groups excluding carboxylic acids is 4. The van der Waals surface area contributed by atoms with Crippen molar-refractivity contribution < 1.29 is 32.3 Å². The molecule has 41 heavy (non-hydrogen) atoms. The largest absolute Gasteiger partial charge is 0.405 e. The van der Waals surface area contributed by atoms with Crippen LogP contribution in [0.4, 0.5) is 29.5 Å². The number of aldehydes is 1. The van der Waals surface area contributed by atoms with Crippen molar-refractivity contribution in [1.29, 1.82) is 0 Å². The molecule has 3 aromatic rings. The van der Waals surface area contributed by atoms with E-state index < -0.39 is 42.2 Å². The minimum atomic E-state index is -4.69. The van der Waals surface area contributed by atoms with Crippen molar-refractivity contribution in [3.8, 4) is 0 Å². The number of anilines is 2. The smallest absolute Gasteiger partial charge is 0.329 e. The highest BCUT2D eigenvalue weighted by Crippen LogP contribution is 2.47. The van der Waals surface area contributed by atoms with E-state index in [4.69, 9.17) is 0 Å². The lowest BCUT2D eigenvalue weighted by Gasteiger charge is -2.37. The summed E-state index contributed by atoms with van der Waals surface area (Å²) in [6, 6.07) is 15.6. The van der Waals surface area contributed by atoms with Crippen molar-refractivity contribution in [2.75, 3.05) is 23.7 Å². The summed E-state index contributed by atoms with van der Waals surface area (Å²) in [6.07, 6.45) is -1.82. The van der Waals surface area contributed by atoms with Crippen molar-refractivity contribution >= 4 is 35.6 Å². The van der Waals surface area contributed by atoms with E-state index in [2.05, 4.69) is 15.6 Å². The van der Waals surface area contributed by atoms with Crippen LogP contribution >= 0.6 is 0 Å². The lowest BCUT2D eigenvalue weighted by atomic mass is 9.79. The monoisotopic (exact) mass is 565 g/mol. The number of nitrogens with one attached hydrogen (secondary N) is 3. The molecule has 1 spiro atoms. The van der Waals surface area contributed by atoms with Crippen LogP contribution in [-0.4, -0.2) is 53.3 Å². The zero-order valence-electron chi connectivity index (χ0n) is 21.9. The summed E-state index contributed by atoms with van der Waals surface area (Å²) in [6.45, 7) is -0.993. The minimum absolute atomic E-state index is 0.150. The molecule has 2 aliphatic rings. The molecule has 0 bridgehead atoms. The first-order valence-corrected chi connectivity index (χ1v) is 12.8. The van der Waals surface area contributed by atoms with Gasteiger partial charge in [0.25, 0.3) is 0 Å². The number of halogens is 3. The normalized spacial score (nSPS) is 18.6. The number of amides is 4. The van der Waals surface area contributed by atoms with Gasteiger partial charge in [-0.1, -0.05) is 42.5 Å². The van der Waals surface area contributed by atoms with Crippen LogP contribution in [0.2, 0.25) is 0 Å². The van der Waals surface area contributed by atoms with Crippen molar-refractivity contribution in [3.05, 3.63) is 89.1 Å². The Morgan fingerprint density at radius 3 is 2.51 bits per heavy atom. The number of alkyl halides is 3. The van der Waals surface area contributed by atoms with Crippen molar-refractivity contribution in [3.63, 3.8) is 0 Å². The number of nitrogens with zero attached hydrogens (tertiary/aromatic N) is 2. The molecule has 0 saturated carbocycles.